The first kappa shape index (κ1) is 13.0. The topological polar surface area (TPSA) is 38.3 Å². The second-order valence-electron chi connectivity index (χ2n) is 3.72. The molecule has 0 radical (unpaired) electrons. The number of carbonyl (C=O) groups is 1. The Labute approximate surface area is 90.4 Å². The van der Waals surface area contributed by atoms with Crippen molar-refractivity contribution < 1.29 is 9.53 Å². The highest BCUT2D eigenvalue weighted by atomic mass is 32.1. The van der Waals surface area contributed by atoms with Gasteiger partial charge in [0.1, 0.15) is 5.60 Å². The maximum absolute atomic E-state index is 11.1. The number of hydrogen-bond acceptors (Lipinski definition) is 4. The highest BCUT2D eigenvalue weighted by Gasteiger charge is 2.16. The summed E-state index contributed by atoms with van der Waals surface area (Å²) >= 11 is 8.21. The van der Waals surface area contributed by atoms with Crippen molar-refractivity contribution in [3.63, 3.8) is 0 Å². The fourth-order valence-corrected chi connectivity index (χ4v) is 0.800. The standard InChI is InChI=1S/C8H17NO2S2/c1-8(2,3)11-7(10)9-4-6(13)5-12/h6,12-13H,4-5H2,1-3H3,(H,9,10). The third-order valence-corrected chi connectivity index (χ3v) is 2.19. The van der Waals surface area contributed by atoms with Crippen LogP contribution in [0.4, 0.5) is 4.79 Å². The number of nitrogens with one attached hydrogen (secondary N) is 1. The number of amides is 1. The second kappa shape index (κ2) is 5.65. The molecular weight excluding hydrogens is 206 g/mol. The van der Waals surface area contributed by atoms with Crippen LogP contribution in [-0.2, 0) is 4.74 Å². The average molecular weight is 223 g/mol. The Balaban J connectivity index is 3.64. The van der Waals surface area contributed by atoms with Crippen LogP contribution in [0.5, 0.6) is 0 Å². The maximum atomic E-state index is 11.1. The van der Waals surface area contributed by atoms with Crippen molar-refractivity contribution in [1.29, 1.82) is 0 Å². The molecule has 1 atom stereocenters. The minimum absolute atomic E-state index is 0.0656. The summed E-state index contributed by atoms with van der Waals surface area (Å²) in [5, 5.41) is 2.67. The van der Waals surface area contributed by atoms with E-state index in [0.29, 0.717) is 12.3 Å². The number of ether oxygens (including phenoxy) is 1. The molecule has 0 aromatic heterocycles. The predicted molar refractivity (Wildman–Crippen MR) is 60.9 cm³/mol. The van der Waals surface area contributed by atoms with E-state index in [4.69, 9.17) is 4.74 Å². The molecule has 1 unspecified atom stereocenters. The lowest BCUT2D eigenvalue weighted by Gasteiger charge is -2.20. The van der Waals surface area contributed by atoms with E-state index in [-0.39, 0.29) is 5.25 Å². The maximum Gasteiger partial charge on any atom is 0.407 e. The highest BCUT2D eigenvalue weighted by molar-refractivity contribution is 7.84. The highest BCUT2D eigenvalue weighted by Crippen LogP contribution is 2.06. The summed E-state index contributed by atoms with van der Waals surface area (Å²) in [5.74, 6) is 0.624. The van der Waals surface area contributed by atoms with Crippen molar-refractivity contribution in [2.45, 2.75) is 31.6 Å². The Kier molecular flexibility index (Phi) is 5.64. The van der Waals surface area contributed by atoms with Gasteiger partial charge in [0.25, 0.3) is 0 Å². The zero-order chi connectivity index (χ0) is 10.5. The molecule has 1 amide bonds. The van der Waals surface area contributed by atoms with E-state index < -0.39 is 11.7 Å². The van der Waals surface area contributed by atoms with E-state index >= 15 is 0 Å². The molecule has 0 aromatic carbocycles. The normalized spacial score (nSPS) is 13.6. The zero-order valence-electron chi connectivity index (χ0n) is 8.20. The minimum atomic E-state index is -0.447. The molecule has 0 aliphatic heterocycles. The van der Waals surface area contributed by atoms with Crippen LogP contribution in [0.2, 0.25) is 0 Å². The summed E-state index contributed by atoms with van der Waals surface area (Å²) in [6.07, 6.45) is -0.409. The fourth-order valence-electron chi connectivity index (χ4n) is 0.580. The first-order valence-electron chi connectivity index (χ1n) is 4.11. The van der Waals surface area contributed by atoms with Gasteiger partial charge < -0.3 is 10.1 Å². The van der Waals surface area contributed by atoms with Crippen molar-refractivity contribution in [3.8, 4) is 0 Å². The third kappa shape index (κ3) is 8.30. The van der Waals surface area contributed by atoms with E-state index in [0.717, 1.165) is 0 Å². The number of alkyl carbamates (subject to hydrolysis) is 1. The summed E-state index contributed by atoms with van der Waals surface area (Å²) in [6, 6.07) is 0. The van der Waals surface area contributed by atoms with Gasteiger partial charge in [-0.1, -0.05) is 0 Å². The zero-order valence-corrected chi connectivity index (χ0v) is 9.99. The SMILES string of the molecule is CC(C)(C)OC(=O)NCC(S)CS. The largest absolute Gasteiger partial charge is 0.444 e. The summed E-state index contributed by atoms with van der Waals surface area (Å²) in [6.45, 7) is 5.94. The molecule has 0 aliphatic carbocycles. The third-order valence-electron chi connectivity index (χ3n) is 1.09. The van der Waals surface area contributed by atoms with Gasteiger partial charge in [-0.2, -0.15) is 25.3 Å². The first-order chi connectivity index (χ1) is 5.85. The molecule has 0 saturated heterocycles. The molecule has 0 spiro atoms. The summed E-state index contributed by atoms with van der Waals surface area (Å²) in [4.78, 5) is 11.1. The molecule has 0 heterocycles. The van der Waals surface area contributed by atoms with Gasteiger partial charge in [0.05, 0.1) is 0 Å². The Morgan fingerprint density at radius 1 is 1.54 bits per heavy atom. The lowest BCUT2D eigenvalue weighted by atomic mass is 10.2. The monoisotopic (exact) mass is 223 g/mol. The Morgan fingerprint density at radius 2 is 2.08 bits per heavy atom. The predicted octanol–water partition coefficient (Wildman–Crippen LogP) is 1.74. The number of thiol groups is 2. The van der Waals surface area contributed by atoms with Gasteiger partial charge in [-0.25, -0.2) is 4.79 Å². The van der Waals surface area contributed by atoms with E-state index in [9.17, 15) is 4.79 Å². The molecule has 0 bridgehead atoms. The summed E-state index contributed by atoms with van der Waals surface area (Å²) in [5.41, 5.74) is -0.447. The molecule has 0 aromatic rings. The van der Waals surface area contributed by atoms with E-state index in [1.165, 1.54) is 0 Å². The molecule has 5 heteroatoms. The van der Waals surface area contributed by atoms with Crippen LogP contribution in [0.1, 0.15) is 20.8 Å². The van der Waals surface area contributed by atoms with E-state index in [1.54, 1.807) is 0 Å². The molecule has 78 valence electrons. The molecular formula is C8H17NO2S2. The van der Waals surface area contributed by atoms with Gasteiger partial charge in [0.15, 0.2) is 0 Å². The second-order valence-corrected chi connectivity index (χ2v) is 4.81. The molecule has 1 N–H and O–H groups in total. The van der Waals surface area contributed by atoms with Crippen molar-refractivity contribution in [3.05, 3.63) is 0 Å². The van der Waals surface area contributed by atoms with Crippen molar-refractivity contribution in [1.82, 2.24) is 5.32 Å². The van der Waals surface area contributed by atoms with Crippen LogP contribution >= 0.6 is 25.3 Å². The Hall–Kier alpha value is -0.0300. The van der Waals surface area contributed by atoms with Crippen LogP contribution in [0.15, 0.2) is 0 Å². The molecule has 0 rings (SSSR count). The van der Waals surface area contributed by atoms with Gasteiger partial charge in [-0.15, -0.1) is 0 Å². The summed E-state index contributed by atoms with van der Waals surface area (Å²) < 4.78 is 5.02. The Morgan fingerprint density at radius 3 is 2.46 bits per heavy atom. The number of rotatable bonds is 3. The van der Waals surface area contributed by atoms with Crippen LogP contribution in [0.3, 0.4) is 0 Å². The number of hydrogen-bond donors (Lipinski definition) is 3. The van der Waals surface area contributed by atoms with Crippen LogP contribution in [-0.4, -0.2) is 29.2 Å². The molecule has 0 saturated carbocycles. The number of carbonyl (C=O) groups excluding carboxylic acids is 1. The average Bonchev–Trinajstić information content (AvgIpc) is 1.97. The van der Waals surface area contributed by atoms with Gasteiger partial charge in [0.2, 0.25) is 0 Å². The van der Waals surface area contributed by atoms with E-state index in [2.05, 4.69) is 30.6 Å². The summed E-state index contributed by atoms with van der Waals surface area (Å²) in [7, 11) is 0. The quantitative estimate of drug-likeness (QED) is 0.638. The molecule has 3 nitrogen and oxygen atoms in total. The van der Waals surface area contributed by atoms with Crippen molar-refractivity contribution in [2.75, 3.05) is 12.3 Å². The minimum Gasteiger partial charge on any atom is -0.444 e. The van der Waals surface area contributed by atoms with E-state index in [1.807, 2.05) is 20.8 Å². The molecule has 13 heavy (non-hydrogen) atoms. The lowest BCUT2D eigenvalue weighted by molar-refractivity contribution is 0.0529. The molecule has 0 fully saturated rings. The van der Waals surface area contributed by atoms with Crippen molar-refractivity contribution >= 4 is 31.4 Å². The van der Waals surface area contributed by atoms with Crippen LogP contribution < -0.4 is 5.32 Å². The van der Waals surface area contributed by atoms with Crippen LogP contribution in [0.25, 0.3) is 0 Å². The Bertz CT molecular complexity index is 168. The lowest BCUT2D eigenvalue weighted by Crippen LogP contribution is -2.36. The molecule has 0 aliphatic rings. The smallest absolute Gasteiger partial charge is 0.407 e. The van der Waals surface area contributed by atoms with Crippen molar-refractivity contribution in [2.24, 2.45) is 0 Å². The van der Waals surface area contributed by atoms with Gasteiger partial charge in [0, 0.05) is 17.5 Å². The van der Waals surface area contributed by atoms with Gasteiger partial charge in [-0.05, 0) is 20.8 Å². The van der Waals surface area contributed by atoms with Gasteiger partial charge in [-0.3, -0.25) is 0 Å². The fraction of sp³-hybridized carbons (Fsp3) is 0.875. The first-order valence-corrected chi connectivity index (χ1v) is 5.26. The van der Waals surface area contributed by atoms with Gasteiger partial charge >= 0.3 is 6.09 Å². The van der Waals surface area contributed by atoms with Crippen LogP contribution in [0, 0.1) is 0 Å².